The van der Waals surface area contributed by atoms with Gasteiger partial charge in [-0.05, 0) is 37.9 Å². The molecule has 0 aromatic carbocycles. The Hall–Kier alpha value is -1.33. The van der Waals surface area contributed by atoms with Gasteiger partial charge in [0.2, 0.25) is 5.76 Å². The highest BCUT2D eigenvalue weighted by molar-refractivity contribution is 5.86. The maximum Gasteiger partial charge on any atom is 0.373 e. The van der Waals surface area contributed by atoms with E-state index in [1.54, 1.807) is 19.2 Å². The Labute approximate surface area is 107 Å². The van der Waals surface area contributed by atoms with Crippen molar-refractivity contribution in [2.75, 3.05) is 27.4 Å². The van der Waals surface area contributed by atoms with Gasteiger partial charge in [-0.15, -0.1) is 0 Å². The summed E-state index contributed by atoms with van der Waals surface area (Å²) in [5, 5.41) is 3.26. The lowest BCUT2D eigenvalue weighted by molar-refractivity contribution is 0.0563. The van der Waals surface area contributed by atoms with Crippen molar-refractivity contribution in [1.82, 2.24) is 5.32 Å². The molecular weight excluding hydrogens is 234 g/mol. The standard InChI is InChI=1S/C13H21NO4/c1-16-9-5-3-4-8-14-10-11-6-7-12(18-11)13(15)17-2/h6-7,14H,3-5,8-10H2,1-2H3. The third-order valence-electron chi connectivity index (χ3n) is 2.55. The molecule has 0 bridgehead atoms. The molecule has 0 aliphatic heterocycles. The molecule has 5 heteroatoms. The van der Waals surface area contributed by atoms with Crippen LogP contribution in [0, 0.1) is 0 Å². The molecule has 0 aliphatic carbocycles. The molecule has 0 saturated heterocycles. The third-order valence-corrected chi connectivity index (χ3v) is 2.55. The van der Waals surface area contributed by atoms with Gasteiger partial charge in [0.15, 0.2) is 0 Å². The van der Waals surface area contributed by atoms with E-state index in [4.69, 9.17) is 9.15 Å². The van der Waals surface area contributed by atoms with Gasteiger partial charge in [-0.2, -0.15) is 0 Å². The number of unbranched alkanes of at least 4 members (excludes halogenated alkanes) is 2. The van der Waals surface area contributed by atoms with E-state index in [0.29, 0.717) is 6.54 Å². The molecule has 0 fully saturated rings. The van der Waals surface area contributed by atoms with Crippen molar-refractivity contribution in [3.05, 3.63) is 23.7 Å². The second-order valence-corrected chi connectivity index (χ2v) is 3.99. The molecular formula is C13H21NO4. The maximum atomic E-state index is 11.2. The molecule has 102 valence electrons. The molecule has 0 spiro atoms. The molecule has 0 saturated carbocycles. The van der Waals surface area contributed by atoms with Crippen LogP contribution >= 0.6 is 0 Å². The first-order chi connectivity index (χ1) is 8.77. The Kier molecular flexibility index (Phi) is 7.13. The first kappa shape index (κ1) is 14.7. The Morgan fingerprint density at radius 3 is 2.83 bits per heavy atom. The second kappa shape index (κ2) is 8.72. The molecule has 1 aromatic rings. The van der Waals surface area contributed by atoms with Crippen LogP contribution in [0.4, 0.5) is 0 Å². The fraction of sp³-hybridized carbons (Fsp3) is 0.615. The van der Waals surface area contributed by atoms with E-state index in [2.05, 4.69) is 10.1 Å². The summed E-state index contributed by atoms with van der Waals surface area (Å²) < 4.78 is 14.9. The number of carbonyl (C=O) groups excluding carboxylic acids is 1. The lowest BCUT2D eigenvalue weighted by atomic mass is 10.2. The van der Waals surface area contributed by atoms with Crippen LogP contribution in [0.1, 0.15) is 35.6 Å². The second-order valence-electron chi connectivity index (χ2n) is 3.99. The zero-order valence-electron chi connectivity index (χ0n) is 11.0. The molecule has 0 unspecified atom stereocenters. The van der Waals surface area contributed by atoms with E-state index in [1.165, 1.54) is 7.11 Å². The van der Waals surface area contributed by atoms with E-state index in [-0.39, 0.29) is 5.76 Å². The highest BCUT2D eigenvalue weighted by Crippen LogP contribution is 2.08. The Morgan fingerprint density at radius 1 is 1.28 bits per heavy atom. The average Bonchev–Trinajstić information content (AvgIpc) is 2.85. The lowest BCUT2D eigenvalue weighted by Crippen LogP contribution is -2.14. The zero-order valence-corrected chi connectivity index (χ0v) is 11.0. The van der Waals surface area contributed by atoms with Crippen LogP contribution in [0.5, 0.6) is 0 Å². The van der Waals surface area contributed by atoms with Gasteiger partial charge in [0, 0.05) is 13.7 Å². The molecule has 0 aliphatic rings. The quantitative estimate of drug-likeness (QED) is 0.540. The minimum Gasteiger partial charge on any atom is -0.463 e. The highest BCUT2D eigenvalue weighted by Gasteiger charge is 2.10. The van der Waals surface area contributed by atoms with Gasteiger partial charge in [-0.1, -0.05) is 0 Å². The summed E-state index contributed by atoms with van der Waals surface area (Å²) in [5.74, 6) is 0.544. The molecule has 18 heavy (non-hydrogen) atoms. The fourth-order valence-corrected chi connectivity index (χ4v) is 1.57. The minimum absolute atomic E-state index is 0.245. The smallest absolute Gasteiger partial charge is 0.373 e. The average molecular weight is 255 g/mol. The summed E-state index contributed by atoms with van der Waals surface area (Å²) in [7, 11) is 3.05. The van der Waals surface area contributed by atoms with Crippen LogP contribution in [0.25, 0.3) is 0 Å². The number of nitrogens with one attached hydrogen (secondary N) is 1. The lowest BCUT2D eigenvalue weighted by Gasteiger charge is -2.02. The van der Waals surface area contributed by atoms with Gasteiger partial charge in [-0.3, -0.25) is 0 Å². The summed E-state index contributed by atoms with van der Waals surface area (Å²) in [6.45, 7) is 2.37. The first-order valence-corrected chi connectivity index (χ1v) is 6.14. The number of hydrogen-bond donors (Lipinski definition) is 1. The van der Waals surface area contributed by atoms with E-state index >= 15 is 0 Å². The number of furan rings is 1. The molecule has 1 heterocycles. The summed E-state index contributed by atoms with van der Waals surface area (Å²) in [4.78, 5) is 11.2. The van der Waals surface area contributed by atoms with Gasteiger partial charge in [0.05, 0.1) is 13.7 Å². The Morgan fingerprint density at radius 2 is 2.11 bits per heavy atom. The van der Waals surface area contributed by atoms with Crippen LogP contribution in [0.2, 0.25) is 0 Å². The highest BCUT2D eigenvalue weighted by atomic mass is 16.5. The van der Waals surface area contributed by atoms with E-state index in [9.17, 15) is 4.79 Å². The van der Waals surface area contributed by atoms with Crippen LogP contribution in [-0.4, -0.2) is 33.3 Å². The topological polar surface area (TPSA) is 60.7 Å². The van der Waals surface area contributed by atoms with Gasteiger partial charge < -0.3 is 19.2 Å². The largest absolute Gasteiger partial charge is 0.463 e. The van der Waals surface area contributed by atoms with E-state index in [1.807, 2.05) is 0 Å². The van der Waals surface area contributed by atoms with Gasteiger partial charge in [0.1, 0.15) is 5.76 Å². The number of rotatable bonds is 9. The van der Waals surface area contributed by atoms with Crippen molar-refractivity contribution in [2.45, 2.75) is 25.8 Å². The first-order valence-electron chi connectivity index (χ1n) is 6.14. The predicted octanol–water partition coefficient (Wildman–Crippen LogP) is 1.97. The number of hydrogen-bond acceptors (Lipinski definition) is 5. The molecule has 1 N–H and O–H groups in total. The van der Waals surface area contributed by atoms with Gasteiger partial charge in [-0.25, -0.2) is 4.79 Å². The SMILES string of the molecule is COCCCCCNCc1ccc(C(=O)OC)o1. The number of esters is 1. The van der Waals surface area contributed by atoms with Crippen molar-refractivity contribution >= 4 is 5.97 Å². The fourth-order valence-electron chi connectivity index (χ4n) is 1.57. The Bertz CT molecular complexity index is 349. The van der Waals surface area contributed by atoms with Crippen LogP contribution in [0.15, 0.2) is 16.5 Å². The van der Waals surface area contributed by atoms with E-state index < -0.39 is 5.97 Å². The van der Waals surface area contributed by atoms with Crippen LogP contribution < -0.4 is 5.32 Å². The van der Waals surface area contributed by atoms with E-state index in [0.717, 1.165) is 38.2 Å². The third kappa shape index (κ3) is 5.33. The molecule has 1 rings (SSSR count). The van der Waals surface area contributed by atoms with Crippen molar-refractivity contribution in [2.24, 2.45) is 0 Å². The van der Waals surface area contributed by atoms with Gasteiger partial charge >= 0.3 is 5.97 Å². The molecule has 0 amide bonds. The minimum atomic E-state index is -0.444. The van der Waals surface area contributed by atoms with Crippen LogP contribution in [0.3, 0.4) is 0 Å². The monoisotopic (exact) mass is 255 g/mol. The van der Waals surface area contributed by atoms with Gasteiger partial charge in [0.25, 0.3) is 0 Å². The summed E-state index contributed by atoms with van der Waals surface area (Å²) in [6, 6.07) is 3.41. The summed E-state index contributed by atoms with van der Waals surface area (Å²) >= 11 is 0. The van der Waals surface area contributed by atoms with Crippen molar-refractivity contribution in [3.63, 3.8) is 0 Å². The Balaban J connectivity index is 2.12. The number of ether oxygens (including phenoxy) is 2. The van der Waals surface area contributed by atoms with Crippen LogP contribution in [-0.2, 0) is 16.0 Å². The predicted molar refractivity (Wildman–Crippen MR) is 67.5 cm³/mol. The molecule has 5 nitrogen and oxygen atoms in total. The van der Waals surface area contributed by atoms with Crippen molar-refractivity contribution in [1.29, 1.82) is 0 Å². The molecule has 0 radical (unpaired) electrons. The maximum absolute atomic E-state index is 11.2. The zero-order chi connectivity index (χ0) is 13.2. The van der Waals surface area contributed by atoms with Crippen molar-refractivity contribution in [3.8, 4) is 0 Å². The number of methoxy groups -OCH3 is 2. The normalized spacial score (nSPS) is 10.6. The van der Waals surface area contributed by atoms with Crippen molar-refractivity contribution < 1.29 is 18.7 Å². The molecule has 0 atom stereocenters. The summed E-state index contributed by atoms with van der Waals surface area (Å²) in [6.07, 6.45) is 3.34. The summed E-state index contributed by atoms with van der Waals surface area (Å²) in [5.41, 5.74) is 0. The molecule has 1 aromatic heterocycles. The number of carbonyl (C=O) groups is 1.